The molecule has 0 radical (unpaired) electrons. The van der Waals surface area contributed by atoms with E-state index in [1.165, 1.54) is 12.8 Å². The van der Waals surface area contributed by atoms with Gasteiger partial charge in [-0.1, -0.05) is 6.07 Å². The summed E-state index contributed by atoms with van der Waals surface area (Å²) in [6.45, 7) is 4.05. The lowest BCUT2D eigenvalue weighted by Gasteiger charge is -2.38. The number of piperidine rings is 1. The largest absolute Gasteiger partial charge is 0.378 e. The quantitative estimate of drug-likeness (QED) is 0.832. The average molecular weight is 330 g/mol. The zero-order valence-corrected chi connectivity index (χ0v) is 14.2. The van der Waals surface area contributed by atoms with Crippen molar-refractivity contribution in [3.8, 4) is 0 Å². The summed E-state index contributed by atoms with van der Waals surface area (Å²) in [4.78, 5) is 18.6. The van der Waals surface area contributed by atoms with E-state index in [4.69, 9.17) is 9.47 Å². The van der Waals surface area contributed by atoms with Gasteiger partial charge in [0.05, 0.1) is 19.3 Å². The van der Waals surface area contributed by atoms with Crippen molar-refractivity contribution in [2.75, 3.05) is 32.9 Å². The van der Waals surface area contributed by atoms with Gasteiger partial charge < -0.3 is 14.4 Å². The lowest BCUT2D eigenvalue weighted by molar-refractivity contribution is 0.00937. The molecule has 1 unspecified atom stereocenters. The predicted molar refractivity (Wildman–Crippen MR) is 89.7 cm³/mol. The molecular weight excluding hydrogens is 304 g/mol. The molecule has 1 spiro atoms. The summed E-state index contributed by atoms with van der Waals surface area (Å²) in [5.41, 5.74) is 0.789. The number of likely N-dealkylation sites (tertiary alicyclic amines) is 1. The van der Waals surface area contributed by atoms with Crippen LogP contribution in [0.3, 0.4) is 0 Å². The molecule has 1 saturated carbocycles. The fourth-order valence-corrected chi connectivity index (χ4v) is 3.84. The van der Waals surface area contributed by atoms with E-state index in [1.54, 1.807) is 12.3 Å². The average Bonchev–Trinajstić information content (AvgIpc) is 3.37. The first-order chi connectivity index (χ1) is 11.7. The Hall–Kier alpha value is -1.46. The van der Waals surface area contributed by atoms with Gasteiger partial charge in [0.2, 0.25) is 0 Å². The molecule has 1 aromatic heterocycles. The van der Waals surface area contributed by atoms with Crippen LogP contribution in [0.1, 0.15) is 42.6 Å². The highest BCUT2D eigenvalue weighted by Gasteiger charge is 2.43. The third-order valence-electron chi connectivity index (χ3n) is 5.64. The number of carbonyl (C=O) groups excluding carboxylic acids is 1. The van der Waals surface area contributed by atoms with Crippen molar-refractivity contribution < 1.29 is 14.3 Å². The first kappa shape index (κ1) is 16.0. The maximum atomic E-state index is 12.5. The molecule has 3 heterocycles. The molecule has 5 heteroatoms. The Morgan fingerprint density at radius 1 is 1.29 bits per heavy atom. The molecule has 2 saturated heterocycles. The maximum absolute atomic E-state index is 12.5. The van der Waals surface area contributed by atoms with Crippen molar-refractivity contribution >= 4 is 5.91 Å². The monoisotopic (exact) mass is 330 g/mol. The molecule has 3 aliphatic rings. The van der Waals surface area contributed by atoms with Crippen molar-refractivity contribution in [1.29, 1.82) is 0 Å². The Kier molecular flexibility index (Phi) is 4.55. The van der Waals surface area contributed by atoms with E-state index in [-0.39, 0.29) is 17.4 Å². The molecule has 1 atom stereocenters. The van der Waals surface area contributed by atoms with Gasteiger partial charge in [-0.05, 0) is 55.6 Å². The van der Waals surface area contributed by atoms with E-state index in [9.17, 15) is 4.79 Å². The van der Waals surface area contributed by atoms with Gasteiger partial charge >= 0.3 is 0 Å². The lowest BCUT2D eigenvalue weighted by Crippen LogP contribution is -2.43. The number of nitrogens with zero attached hydrogens (tertiary/aromatic N) is 2. The van der Waals surface area contributed by atoms with Crippen LogP contribution >= 0.6 is 0 Å². The summed E-state index contributed by atoms with van der Waals surface area (Å²) >= 11 is 0. The van der Waals surface area contributed by atoms with Gasteiger partial charge in [-0.2, -0.15) is 0 Å². The summed E-state index contributed by atoms with van der Waals surface area (Å²) in [7, 11) is 0. The van der Waals surface area contributed by atoms with Gasteiger partial charge in [0, 0.05) is 25.9 Å². The fraction of sp³-hybridized carbons (Fsp3) is 0.684. The van der Waals surface area contributed by atoms with E-state index in [2.05, 4.69) is 4.98 Å². The van der Waals surface area contributed by atoms with E-state index in [0.29, 0.717) is 5.69 Å². The van der Waals surface area contributed by atoms with Crippen molar-refractivity contribution in [1.82, 2.24) is 9.88 Å². The molecule has 1 aromatic rings. The number of ether oxygens (including phenoxy) is 2. The highest BCUT2D eigenvalue weighted by atomic mass is 16.5. The van der Waals surface area contributed by atoms with Crippen molar-refractivity contribution in [3.63, 3.8) is 0 Å². The molecule has 0 N–H and O–H groups in total. The van der Waals surface area contributed by atoms with Crippen LogP contribution < -0.4 is 0 Å². The van der Waals surface area contributed by atoms with Crippen LogP contribution in [0.4, 0.5) is 0 Å². The second-order valence-electron chi connectivity index (χ2n) is 7.63. The van der Waals surface area contributed by atoms with Gasteiger partial charge in [0.15, 0.2) is 0 Å². The van der Waals surface area contributed by atoms with Crippen molar-refractivity contribution in [3.05, 3.63) is 30.1 Å². The molecule has 2 aliphatic heterocycles. The van der Waals surface area contributed by atoms with Crippen LogP contribution in [0.15, 0.2) is 24.4 Å². The van der Waals surface area contributed by atoms with E-state index in [1.807, 2.05) is 17.0 Å². The van der Waals surface area contributed by atoms with E-state index in [0.717, 1.165) is 58.1 Å². The number of aromatic nitrogens is 1. The Morgan fingerprint density at radius 3 is 2.83 bits per heavy atom. The Morgan fingerprint density at radius 2 is 2.12 bits per heavy atom. The normalized spacial score (nSPS) is 26.0. The minimum Gasteiger partial charge on any atom is -0.378 e. The number of rotatable bonds is 5. The molecular formula is C19H26N2O3. The second-order valence-corrected chi connectivity index (χ2v) is 7.63. The molecule has 0 bridgehead atoms. The molecule has 5 nitrogen and oxygen atoms in total. The van der Waals surface area contributed by atoms with Crippen molar-refractivity contribution in [2.24, 2.45) is 11.3 Å². The van der Waals surface area contributed by atoms with Gasteiger partial charge in [-0.15, -0.1) is 0 Å². The summed E-state index contributed by atoms with van der Waals surface area (Å²) < 4.78 is 11.8. The Balaban J connectivity index is 1.25. The molecule has 1 aliphatic carbocycles. The summed E-state index contributed by atoms with van der Waals surface area (Å²) in [5, 5.41) is 0. The smallest absolute Gasteiger partial charge is 0.272 e. The van der Waals surface area contributed by atoms with Crippen LogP contribution in [0, 0.1) is 11.3 Å². The van der Waals surface area contributed by atoms with Gasteiger partial charge in [-0.25, -0.2) is 0 Å². The number of amides is 1. The molecule has 1 amide bonds. The summed E-state index contributed by atoms with van der Waals surface area (Å²) in [6.07, 6.45) is 7.68. The number of hydrogen-bond donors (Lipinski definition) is 0. The zero-order chi connectivity index (χ0) is 16.4. The third kappa shape index (κ3) is 3.62. The van der Waals surface area contributed by atoms with Crippen LogP contribution in [0.5, 0.6) is 0 Å². The number of pyridine rings is 1. The summed E-state index contributed by atoms with van der Waals surface area (Å²) in [6, 6.07) is 5.49. The first-order valence-corrected chi connectivity index (χ1v) is 9.14. The SMILES string of the molecule is O=C(c1ccccn1)N1CCC2(CC1)COC(COCC1CC1)C2. The Labute approximate surface area is 143 Å². The van der Waals surface area contributed by atoms with E-state index < -0.39 is 0 Å². The zero-order valence-electron chi connectivity index (χ0n) is 14.2. The van der Waals surface area contributed by atoms with Gasteiger partial charge in [0.25, 0.3) is 5.91 Å². The van der Waals surface area contributed by atoms with Crippen LogP contribution in [0.25, 0.3) is 0 Å². The van der Waals surface area contributed by atoms with Crippen LogP contribution in [-0.4, -0.2) is 54.8 Å². The standard InChI is InChI=1S/C19H26N2O3/c22-18(17-3-1-2-8-20-17)21-9-6-19(7-10-21)11-16(24-14-19)13-23-12-15-4-5-15/h1-3,8,15-16H,4-7,9-14H2. The minimum atomic E-state index is 0.0497. The van der Waals surface area contributed by atoms with E-state index >= 15 is 0 Å². The van der Waals surface area contributed by atoms with Crippen molar-refractivity contribution in [2.45, 2.75) is 38.2 Å². The number of carbonyl (C=O) groups is 1. The number of hydrogen-bond acceptors (Lipinski definition) is 4. The topological polar surface area (TPSA) is 51.7 Å². The lowest BCUT2D eigenvalue weighted by atomic mass is 9.76. The predicted octanol–water partition coefficient (Wildman–Crippen LogP) is 2.52. The van der Waals surface area contributed by atoms with Crippen LogP contribution in [0.2, 0.25) is 0 Å². The molecule has 3 fully saturated rings. The first-order valence-electron chi connectivity index (χ1n) is 9.14. The van der Waals surface area contributed by atoms with Gasteiger partial charge in [0.1, 0.15) is 5.69 Å². The van der Waals surface area contributed by atoms with Gasteiger partial charge in [-0.3, -0.25) is 9.78 Å². The third-order valence-corrected chi connectivity index (χ3v) is 5.64. The highest BCUT2D eigenvalue weighted by Crippen LogP contribution is 2.42. The maximum Gasteiger partial charge on any atom is 0.272 e. The molecule has 4 rings (SSSR count). The summed E-state index contributed by atoms with van der Waals surface area (Å²) in [5.74, 6) is 0.856. The second kappa shape index (κ2) is 6.81. The Bertz CT molecular complexity index is 565. The minimum absolute atomic E-state index is 0.0497. The highest BCUT2D eigenvalue weighted by molar-refractivity contribution is 5.92. The molecule has 0 aromatic carbocycles. The fourth-order valence-electron chi connectivity index (χ4n) is 3.84. The van der Waals surface area contributed by atoms with Crippen LogP contribution in [-0.2, 0) is 9.47 Å². The molecule has 130 valence electrons. The molecule has 24 heavy (non-hydrogen) atoms.